The lowest BCUT2D eigenvalue weighted by molar-refractivity contribution is 0.102. The van der Waals surface area contributed by atoms with Crippen molar-refractivity contribution in [1.82, 2.24) is 9.97 Å². The van der Waals surface area contributed by atoms with Gasteiger partial charge in [0.1, 0.15) is 23.5 Å². The Morgan fingerprint density at radius 1 is 1.27 bits per heavy atom. The Bertz CT molecular complexity index is 1120. The molecule has 0 spiro atoms. The monoisotopic (exact) mass is 408 g/mol. The number of nitrogens with one attached hydrogen (secondary N) is 1. The second kappa shape index (κ2) is 8.52. The fourth-order valence-electron chi connectivity index (χ4n) is 3.55. The summed E-state index contributed by atoms with van der Waals surface area (Å²) in [6, 6.07) is 8.50. The molecule has 1 aromatic carbocycles. The second-order valence-corrected chi connectivity index (χ2v) is 7.44. The number of para-hydroxylation sites is 1. The lowest BCUT2D eigenvalue weighted by Crippen LogP contribution is -2.33. The number of benzene rings is 1. The van der Waals surface area contributed by atoms with Gasteiger partial charge in [-0.15, -0.1) is 0 Å². The van der Waals surface area contributed by atoms with E-state index in [2.05, 4.69) is 27.1 Å². The molecule has 1 saturated heterocycles. The zero-order valence-electron chi connectivity index (χ0n) is 17.1. The molecule has 0 bridgehead atoms. The molecule has 1 aliphatic rings. The first-order valence-corrected chi connectivity index (χ1v) is 10.1. The van der Waals surface area contributed by atoms with E-state index >= 15 is 0 Å². The highest BCUT2D eigenvalue weighted by atomic mass is 16.5. The van der Waals surface area contributed by atoms with E-state index in [0.29, 0.717) is 35.1 Å². The highest BCUT2D eigenvalue weighted by Gasteiger charge is 2.19. The van der Waals surface area contributed by atoms with Crippen LogP contribution in [0, 0.1) is 5.92 Å². The average molecular weight is 408 g/mol. The zero-order valence-corrected chi connectivity index (χ0v) is 17.1. The summed E-state index contributed by atoms with van der Waals surface area (Å²) in [7, 11) is 0. The molecule has 4 rings (SSSR count). The van der Waals surface area contributed by atoms with Crippen LogP contribution < -0.4 is 20.6 Å². The predicted molar refractivity (Wildman–Crippen MR) is 114 cm³/mol. The minimum absolute atomic E-state index is 0.0943. The minimum atomic E-state index is -0.730. The third-order valence-corrected chi connectivity index (χ3v) is 5.27. The van der Waals surface area contributed by atoms with Crippen LogP contribution in [0.5, 0.6) is 5.75 Å². The third kappa shape index (κ3) is 4.12. The van der Waals surface area contributed by atoms with Crippen LogP contribution in [0.4, 0.5) is 11.6 Å². The Hall–Kier alpha value is -3.42. The Morgan fingerprint density at radius 2 is 2.07 bits per heavy atom. The summed E-state index contributed by atoms with van der Waals surface area (Å²) in [6.07, 6.45) is 3.63. The molecule has 30 heavy (non-hydrogen) atoms. The lowest BCUT2D eigenvalue weighted by Gasteiger charge is -2.31. The van der Waals surface area contributed by atoms with Crippen LogP contribution >= 0.6 is 0 Å². The molecule has 1 N–H and O–H groups in total. The smallest absolute Gasteiger partial charge is 0.349 e. The van der Waals surface area contributed by atoms with Crippen molar-refractivity contribution < 1.29 is 13.9 Å². The fourth-order valence-corrected chi connectivity index (χ4v) is 3.55. The Labute approximate surface area is 173 Å². The Morgan fingerprint density at radius 3 is 2.83 bits per heavy atom. The zero-order chi connectivity index (χ0) is 21.1. The summed E-state index contributed by atoms with van der Waals surface area (Å²) in [6.45, 7) is 6.37. The van der Waals surface area contributed by atoms with Crippen molar-refractivity contribution in [3.05, 3.63) is 52.6 Å². The first kappa shape index (κ1) is 19.9. The van der Waals surface area contributed by atoms with Crippen molar-refractivity contribution in [3.8, 4) is 5.75 Å². The summed E-state index contributed by atoms with van der Waals surface area (Å²) in [5, 5.41) is 3.29. The van der Waals surface area contributed by atoms with Gasteiger partial charge in [-0.3, -0.25) is 4.79 Å². The van der Waals surface area contributed by atoms with Crippen LogP contribution in [0.3, 0.4) is 0 Å². The normalized spacial score (nSPS) is 14.7. The largest absolute Gasteiger partial charge is 0.490 e. The summed E-state index contributed by atoms with van der Waals surface area (Å²) in [5.74, 6) is 1.70. The summed E-state index contributed by atoms with van der Waals surface area (Å²) in [5.41, 5.74) is -0.501. The van der Waals surface area contributed by atoms with Gasteiger partial charge < -0.3 is 19.4 Å². The molecule has 0 unspecified atom stereocenters. The van der Waals surface area contributed by atoms with Crippen molar-refractivity contribution in [1.29, 1.82) is 0 Å². The lowest BCUT2D eigenvalue weighted by atomic mass is 9.99. The first-order chi connectivity index (χ1) is 14.5. The molecular weight excluding hydrogens is 384 g/mol. The Kier molecular flexibility index (Phi) is 5.65. The van der Waals surface area contributed by atoms with Gasteiger partial charge in [-0.05, 0) is 37.8 Å². The van der Waals surface area contributed by atoms with Crippen molar-refractivity contribution in [2.45, 2.75) is 26.7 Å². The highest BCUT2D eigenvalue weighted by Crippen LogP contribution is 2.25. The summed E-state index contributed by atoms with van der Waals surface area (Å²) < 4.78 is 10.9. The SMILES string of the molecule is CCOc1cccc2cc(C(=O)Nc3cc(N4CCC(C)CC4)ncn3)c(=O)oc12. The number of carbonyl (C=O) groups excluding carboxylic acids is 1. The third-order valence-electron chi connectivity index (χ3n) is 5.27. The number of ether oxygens (including phenoxy) is 1. The molecule has 1 fully saturated rings. The van der Waals surface area contributed by atoms with Crippen LogP contribution in [-0.2, 0) is 0 Å². The van der Waals surface area contributed by atoms with Crippen molar-refractivity contribution in [2.75, 3.05) is 29.9 Å². The van der Waals surface area contributed by atoms with E-state index in [9.17, 15) is 9.59 Å². The number of hydrogen-bond acceptors (Lipinski definition) is 7. The molecule has 8 heteroatoms. The van der Waals surface area contributed by atoms with Crippen molar-refractivity contribution >= 4 is 28.5 Å². The molecule has 1 amide bonds. The standard InChI is InChI=1S/C22H24N4O4/c1-3-29-17-6-4-5-15-11-16(22(28)30-20(15)17)21(27)25-18-12-19(24-13-23-18)26-9-7-14(2)8-10-26/h4-6,11-14H,3,7-10H2,1-2H3,(H,23,24,25,27). The Balaban J connectivity index is 1.57. The maximum atomic E-state index is 12.7. The molecule has 2 aromatic heterocycles. The highest BCUT2D eigenvalue weighted by molar-refractivity contribution is 6.05. The fraction of sp³-hybridized carbons (Fsp3) is 0.364. The summed E-state index contributed by atoms with van der Waals surface area (Å²) >= 11 is 0. The number of hydrogen-bond donors (Lipinski definition) is 1. The molecule has 156 valence electrons. The van der Waals surface area contributed by atoms with Crippen LogP contribution in [-0.4, -0.2) is 35.6 Å². The van der Waals surface area contributed by atoms with Gasteiger partial charge in [0.05, 0.1) is 6.61 Å². The number of nitrogens with zero attached hydrogens (tertiary/aromatic N) is 3. The number of fused-ring (bicyclic) bond motifs is 1. The van der Waals surface area contributed by atoms with E-state index in [1.807, 2.05) is 6.92 Å². The van der Waals surface area contributed by atoms with E-state index in [1.54, 1.807) is 24.3 Å². The van der Waals surface area contributed by atoms with Gasteiger partial charge in [0, 0.05) is 24.5 Å². The van der Waals surface area contributed by atoms with Crippen LogP contribution in [0.25, 0.3) is 11.0 Å². The molecule has 0 aliphatic carbocycles. The molecule has 0 radical (unpaired) electrons. The summed E-state index contributed by atoms with van der Waals surface area (Å²) in [4.78, 5) is 35.8. The molecule has 1 aliphatic heterocycles. The molecule has 3 aromatic rings. The molecule has 3 heterocycles. The van der Waals surface area contributed by atoms with E-state index in [1.165, 1.54) is 12.4 Å². The van der Waals surface area contributed by atoms with Gasteiger partial charge in [0.15, 0.2) is 11.3 Å². The van der Waals surface area contributed by atoms with Gasteiger partial charge in [0.25, 0.3) is 5.91 Å². The van der Waals surface area contributed by atoms with Crippen LogP contribution in [0.1, 0.15) is 37.0 Å². The van der Waals surface area contributed by atoms with Gasteiger partial charge >= 0.3 is 5.63 Å². The van der Waals surface area contributed by atoms with Crippen molar-refractivity contribution in [2.24, 2.45) is 5.92 Å². The predicted octanol–water partition coefficient (Wildman–Crippen LogP) is 3.47. The maximum Gasteiger partial charge on any atom is 0.349 e. The van der Waals surface area contributed by atoms with E-state index in [4.69, 9.17) is 9.15 Å². The second-order valence-electron chi connectivity index (χ2n) is 7.44. The van der Waals surface area contributed by atoms with Crippen LogP contribution in [0.15, 0.2) is 45.9 Å². The van der Waals surface area contributed by atoms with E-state index in [-0.39, 0.29) is 5.56 Å². The van der Waals surface area contributed by atoms with Gasteiger partial charge in [-0.25, -0.2) is 14.8 Å². The van der Waals surface area contributed by atoms with Crippen molar-refractivity contribution in [3.63, 3.8) is 0 Å². The average Bonchev–Trinajstić information content (AvgIpc) is 2.74. The minimum Gasteiger partial charge on any atom is -0.490 e. The quantitative estimate of drug-likeness (QED) is 0.646. The number of carbonyl (C=O) groups is 1. The molecule has 0 saturated carbocycles. The molecular formula is C22H24N4O4. The number of aromatic nitrogens is 2. The molecule has 0 atom stereocenters. The maximum absolute atomic E-state index is 12.7. The number of amides is 1. The number of anilines is 2. The van der Waals surface area contributed by atoms with Crippen LogP contribution in [0.2, 0.25) is 0 Å². The topological polar surface area (TPSA) is 97.6 Å². The molecule has 8 nitrogen and oxygen atoms in total. The first-order valence-electron chi connectivity index (χ1n) is 10.1. The number of rotatable bonds is 5. The van der Waals surface area contributed by atoms with E-state index < -0.39 is 11.5 Å². The van der Waals surface area contributed by atoms with Gasteiger partial charge in [0.2, 0.25) is 0 Å². The van der Waals surface area contributed by atoms with Gasteiger partial charge in [-0.1, -0.05) is 19.1 Å². The number of piperidine rings is 1. The van der Waals surface area contributed by atoms with E-state index in [0.717, 1.165) is 31.7 Å². The van der Waals surface area contributed by atoms with Gasteiger partial charge in [-0.2, -0.15) is 0 Å².